The number of esters is 1. The Morgan fingerprint density at radius 2 is 2.20 bits per heavy atom. The van der Waals surface area contributed by atoms with E-state index in [9.17, 15) is 9.18 Å². The molecule has 15 heavy (non-hydrogen) atoms. The van der Waals surface area contributed by atoms with Crippen molar-refractivity contribution in [2.24, 2.45) is 0 Å². The predicted octanol–water partition coefficient (Wildman–Crippen LogP) is 2.62. The summed E-state index contributed by atoms with van der Waals surface area (Å²) in [7, 11) is 1.21. The molecule has 0 radical (unpaired) electrons. The maximum absolute atomic E-state index is 13.3. The van der Waals surface area contributed by atoms with Crippen LogP contribution in [0.15, 0.2) is 12.1 Å². The SMILES string of the molecule is CCOc1cc(C(=O)OC)c(F)cc1I. The molecule has 82 valence electrons. The van der Waals surface area contributed by atoms with E-state index >= 15 is 0 Å². The van der Waals surface area contributed by atoms with Gasteiger partial charge >= 0.3 is 5.97 Å². The van der Waals surface area contributed by atoms with Crippen LogP contribution < -0.4 is 4.74 Å². The van der Waals surface area contributed by atoms with Crippen LogP contribution in [0.25, 0.3) is 0 Å². The van der Waals surface area contributed by atoms with Gasteiger partial charge in [0.25, 0.3) is 0 Å². The van der Waals surface area contributed by atoms with Crippen molar-refractivity contribution >= 4 is 28.6 Å². The van der Waals surface area contributed by atoms with E-state index in [1.807, 2.05) is 29.5 Å². The first kappa shape index (κ1) is 12.2. The molecule has 0 amide bonds. The summed E-state index contributed by atoms with van der Waals surface area (Å²) in [5, 5.41) is 0. The summed E-state index contributed by atoms with van der Waals surface area (Å²) in [6.07, 6.45) is 0. The van der Waals surface area contributed by atoms with Gasteiger partial charge in [0.05, 0.1) is 22.9 Å². The highest BCUT2D eigenvalue weighted by molar-refractivity contribution is 14.1. The lowest BCUT2D eigenvalue weighted by Crippen LogP contribution is -2.06. The smallest absolute Gasteiger partial charge is 0.340 e. The lowest BCUT2D eigenvalue weighted by molar-refractivity contribution is 0.0595. The van der Waals surface area contributed by atoms with E-state index in [1.54, 1.807) is 0 Å². The molecule has 1 rings (SSSR count). The van der Waals surface area contributed by atoms with Crippen LogP contribution in [0.1, 0.15) is 17.3 Å². The number of rotatable bonds is 3. The fraction of sp³-hybridized carbons (Fsp3) is 0.300. The van der Waals surface area contributed by atoms with E-state index < -0.39 is 11.8 Å². The summed E-state index contributed by atoms with van der Waals surface area (Å²) in [6.45, 7) is 2.28. The van der Waals surface area contributed by atoms with Crippen molar-refractivity contribution < 1.29 is 18.7 Å². The lowest BCUT2D eigenvalue weighted by atomic mass is 10.2. The molecular formula is C10H10FIO3. The Kier molecular flexibility index (Phi) is 4.31. The number of carbonyl (C=O) groups excluding carboxylic acids is 1. The molecule has 0 bridgehead atoms. The van der Waals surface area contributed by atoms with Crippen LogP contribution in [0, 0.1) is 9.39 Å². The lowest BCUT2D eigenvalue weighted by Gasteiger charge is -2.08. The Labute approximate surface area is 101 Å². The largest absolute Gasteiger partial charge is 0.493 e. The van der Waals surface area contributed by atoms with Gasteiger partial charge in [-0.05, 0) is 41.6 Å². The quantitative estimate of drug-likeness (QED) is 0.633. The number of methoxy groups -OCH3 is 1. The first-order valence-electron chi connectivity index (χ1n) is 4.30. The Hall–Kier alpha value is -0.850. The van der Waals surface area contributed by atoms with Crippen LogP contribution >= 0.6 is 22.6 Å². The Morgan fingerprint density at radius 3 is 2.73 bits per heavy atom. The van der Waals surface area contributed by atoms with Crippen LogP contribution in [0.5, 0.6) is 5.75 Å². The fourth-order valence-electron chi connectivity index (χ4n) is 1.06. The molecule has 0 aliphatic carbocycles. The predicted molar refractivity (Wildman–Crippen MR) is 61.6 cm³/mol. The Morgan fingerprint density at radius 1 is 1.53 bits per heavy atom. The molecule has 0 atom stereocenters. The summed E-state index contributed by atoms with van der Waals surface area (Å²) >= 11 is 1.94. The molecule has 0 saturated carbocycles. The maximum atomic E-state index is 13.3. The van der Waals surface area contributed by atoms with Crippen molar-refractivity contribution in [2.75, 3.05) is 13.7 Å². The number of ether oxygens (including phenoxy) is 2. The van der Waals surface area contributed by atoms with Gasteiger partial charge in [0.15, 0.2) is 0 Å². The average Bonchev–Trinajstić information content (AvgIpc) is 2.21. The summed E-state index contributed by atoms with van der Waals surface area (Å²) < 4.78 is 23.7. The molecule has 5 heteroatoms. The van der Waals surface area contributed by atoms with Gasteiger partial charge in [-0.1, -0.05) is 0 Å². The molecule has 3 nitrogen and oxygen atoms in total. The van der Waals surface area contributed by atoms with Crippen LogP contribution in [0.4, 0.5) is 4.39 Å². The zero-order valence-corrected chi connectivity index (χ0v) is 10.5. The Bertz CT molecular complexity index is 379. The van der Waals surface area contributed by atoms with Gasteiger partial charge in [-0.2, -0.15) is 0 Å². The van der Waals surface area contributed by atoms with Crippen molar-refractivity contribution in [2.45, 2.75) is 6.92 Å². The molecule has 0 aliphatic rings. The third-order valence-corrected chi connectivity index (χ3v) is 2.57. The van der Waals surface area contributed by atoms with Gasteiger partial charge in [0.2, 0.25) is 0 Å². The van der Waals surface area contributed by atoms with Crippen LogP contribution in [0.2, 0.25) is 0 Å². The highest BCUT2D eigenvalue weighted by atomic mass is 127. The number of benzene rings is 1. The molecule has 0 fully saturated rings. The second-order valence-electron chi connectivity index (χ2n) is 2.69. The van der Waals surface area contributed by atoms with E-state index in [0.29, 0.717) is 15.9 Å². The van der Waals surface area contributed by atoms with Gasteiger partial charge in [0.1, 0.15) is 11.6 Å². The minimum atomic E-state index is -0.704. The third-order valence-electron chi connectivity index (χ3n) is 1.73. The van der Waals surface area contributed by atoms with Gasteiger partial charge in [-0.15, -0.1) is 0 Å². The molecule has 0 aromatic heterocycles. The topological polar surface area (TPSA) is 35.5 Å². The Balaban J connectivity index is 3.17. The highest BCUT2D eigenvalue weighted by Gasteiger charge is 2.15. The highest BCUT2D eigenvalue weighted by Crippen LogP contribution is 2.25. The fourth-order valence-corrected chi connectivity index (χ4v) is 1.65. The van der Waals surface area contributed by atoms with Crippen LogP contribution in [-0.2, 0) is 4.74 Å². The molecule has 0 spiro atoms. The second-order valence-corrected chi connectivity index (χ2v) is 3.85. The standard InChI is InChI=1S/C10H10FIO3/c1-3-15-9-4-6(10(13)14-2)7(11)5-8(9)12/h4-5H,3H2,1-2H3. The zero-order valence-electron chi connectivity index (χ0n) is 8.34. The first-order valence-corrected chi connectivity index (χ1v) is 5.38. The minimum absolute atomic E-state index is 0.110. The molecule has 0 heterocycles. The third kappa shape index (κ3) is 2.80. The molecular weight excluding hydrogens is 314 g/mol. The van der Waals surface area contributed by atoms with Crippen LogP contribution in [-0.4, -0.2) is 19.7 Å². The van der Waals surface area contributed by atoms with Crippen molar-refractivity contribution in [3.8, 4) is 5.75 Å². The van der Waals surface area contributed by atoms with Gasteiger partial charge < -0.3 is 9.47 Å². The summed E-state index contributed by atoms with van der Waals surface area (Å²) in [6, 6.07) is 2.60. The molecule has 0 unspecified atom stereocenters. The first-order chi connectivity index (χ1) is 7.10. The van der Waals surface area contributed by atoms with Gasteiger partial charge in [0, 0.05) is 0 Å². The van der Waals surface area contributed by atoms with E-state index in [1.165, 1.54) is 19.2 Å². The van der Waals surface area contributed by atoms with Gasteiger partial charge in [-0.3, -0.25) is 0 Å². The maximum Gasteiger partial charge on any atom is 0.340 e. The van der Waals surface area contributed by atoms with E-state index in [0.717, 1.165) is 0 Å². The molecule has 1 aromatic rings. The molecule has 1 aromatic carbocycles. The van der Waals surface area contributed by atoms with E-state index in [-0.39, 0.29) is 5.56 Å². The van der Waals surface area contributed by atoms with Crippen molar-refractivity contribution in [3.05, 3.63) is 27.1 Å². The minimum Gasteiger partial charge on any atom is -0.493 e. The summed E-state index contributed by atoms with van der Waals surface area (Å²) in [4.78, 5) is 11.2. The van der Waals surface area contributed by atoms with Crippen molar-refractivity contribution in [3.63, 3.8) is 0 Å². The molecule has 0 N–H and O–H groups in total. The molecule has 0 saturated heterocycles. The van der Waals surface area contributed by atoms with E-state index in [2.05, 4.69) is 4.74 Å². The van der Waals surface area contributed by atoms with Crippen LogP contribution in [0.3, 0.4) is 0 Å². The van der Waals surface area contributed by atoms with Crippen molar-refractivity contribution in [1.29, 1.82) is 0 Å². The van der Waals surface area contributed by atoms with Crippen molar-refractivity contribution in [1.82, 2.24) is 0 Å². The molecule has 0 aliphatic heterocycles. The number of hydrogen-bond acceptors (Lipinski definition) is 3. The summed E-state index contributed by atoms with van der Waals surface area (Å²) in [5.74, 6) is -0.820. The zero-order chi connectivity index (χ0) is 11.4. The number of halogens is 2. The van der Waals surface area contributed by atoms with Gasteiger partial charge in [-0.25, -0.2) is 9.18 Å². The average molecular weight is 324 g/mol. The summed E-state index contributed by atoms with van der Waals surface area (Å²) in [5.41, 5.74) is -0.110. The number of hydrogen-bond donors (Lipinski definition) is 0. The monoisotopic (exact) mass is 324 g/mol. The second kappa shape index (κ2) is 5.29. The number of carbonyl (C=O) groups is 1. The normalized spacial score (nSPS) is 9.87. The van der Waals surface area contributed by atoms with E-state index in [4.69, 9.17) is 4.74 Å².